The maximum atomic E-state index is 12.4. The van der Waals surface area contributed by atoms with Crippen molar-refractivity contribution >= 4 is 27.8 Å². The third-order valence-corrected chi connectivity index (χ3v) is 3.98. The van der Waals surface area contributed by atoms with E-state index in [0.717, 1.165) is 12.8 Å². The first-order valence-electron chi connectivity index (χ1n) is 6.12. The molecule has 1 fully saturated rings. The molecule has 0 aliphatic carbocycles. The molecule has 0 saturated carbocycles. The molecule has 1 aromatic heterocycles. The maximum absolute atomic E-state index is 12.4. The fourth-order valence-electron chi connectivity index (χ4n) is 2.65. The number of amides is 1. The van der Waals surface area contributed by atoms with Crippen LogP contribution in [-0.4, -0.2) is 34.5 Å². The fraction of sp³-hybridized carbons (Fsp3) is 0.538. The number of aliphatic carboxylic acids is 1. The number of nitrogens with zero attached hydrogens (tertiary/aromatic N) is 1. The number of carbonyl (C=O) groups excluding carboxylic acids is 1. The van der Waals surface area contributed by atoms with Crippen molar-refractivity contribution in [3.8, 4) is 0 Å². The van der Waals surface area contributed by atoms with Gasteiger partial charge in [-0.2, -0.15) is 0 Å². The number of carboxylic acid groups (broad SMARTS) is 1. The zero-order valence-electron chi connectivity index (χ0n) is 10.9. The average molecular weight is 330 g/mol. The largest absolute Gasteiger partial charge is 0.480 e. The highest BCUT2D eigenvalue weighted by molar-refractivity contribution is 9.10. The van der Waals surface area contributed by atoms with Gasteiger partial charge in [-0.25, -0.2) is 4.79 Å². The molecule has 5 nitrogen and oxygen atoms in total. The number of furan rings is 1. The van der Waals surface area contributed by atoms with Gasteiger partial charge in [0.2, 0.25) is 0 Å². The van der Waals surface area contributed by atoms with Crippen molar-refractivity contribution in [2.75, 3.05) is 6.54 Å². The van der Waals surface area contributed by atoms with Crippen molar-refractivity contribution in [2.24, 2.45) is 5.41 Å². The number of halogens is 1. The topological polar surface area (TPSA) is 70.8 Å². The number of rotatable bonds is 2. The Bertz CT molecular complexity index is 508. The molecule has 0 spiro atoms. The SMILES string of the molecule is CC1(C)CCCN(C(=O)c2ccc(Br)o2)C1C(=O)O. The van der Waals surface area contributed by atoms with Crippen LogP contribution in [0.1, 0.15) is 37.2 Å². The molecule has 1 amide bonds. The smallest absolute Gasteiger partial charge is 0.326 e. The molecule has 1 aromatic rings. The Balaban J connectivity index is 2.31. The summed E-state index contributed by atoms with van der Waals surface area (Å²) in [6.07, 6.45) is 1.58. The third-order valence-electron chi connectivity index (χ3n) is 3.55. The van der Waals surface area contributed by atoms with Gasteiger partial charge in [0.05, 0.1) is 0 Å². The van der Waals surface area contributed by atoms with Crippen LogP contribution < -0.4 is 0 Å². The monoisotopic (exact) mass is 329 g/mol. The summed E-state index contributed by atoms with van der Waals surface area (Å²) in [6.45, 7) is 4.20. The number of hydrogen-bond donors (Lipinski definition) is 1. The predicted octanol–water partition coefficient (Wildman–Crippen LogP) is 2.76. The fourth-order valence-corrected chi connectivity index (χ4v) is 2.96. The molecule has 1 N–H and O–H groups in total. The first-order valence-corrected chi connectivity index (χ1v) is 6.91. The summed E-state index contributed by atoms with van der Waals surface area (Å²) in [5.41, 5.74) is -0.441. The second kappa shape index (κ2) is 5.00. The van der Waals surface area contributed by atoms with Crippen molar-refractivity contribution in [1.29, 1.82) is 0 Å². The molecule has 1 saturated heterocycles. The summed E-state index contributed by atoms with van der Waals surface area (Å²) in [5, 5.41) is 9.41. The van der Waals surface area contributed by atoms with Crippen LogP contribution in [0.5, 0.6) is 0 Å². The van der Waals surface area contributed by atoms with Gasteiger partial charge in [0.15, 0.2) is 10.4 Å². The van der Waals surface area contributed by atoms with Crippen LogP contribution in [0.15, 0.2) is 21.2 Å². The maximum Gasteiger partial charge on any atom is 0.326 e. The second-order valence-corrected chi connectivity index (χ2v) is 6.22. The summed E-state index contributed by atoms with van der Waals surface area (Å²) in [6, 6.07) is 2.35. The van der Waals surface area contributed by atoms with Gasteiger partial charge in [-0.05, 0) is 46.3 Å². The van der Waals surface area contributed by atoms with Crippen LogP contribution in [0.25, 0.3) is 0 Å². The van der Waals surface area contributed by atoms with E-state index in [-0.39, 0.29) is 11.7 Å². The lowest BCUT2D eigenvalue weighted by atomic mass is 9.76. The summed E-state index contributed by atoms with van der Waals surface area (Å²) < 4.78 is 5.68. The van der Waals surface area contributed by atoms with Gasteiger partial charge in [0.25, 0.3) is 5.91 Å². The Morgan fingerprint density at radius 1 is 1.47 bits per heavy atom. The third kappa shape index (κ3) is 2.68. The van der Waals surface area contributed by atoms with Gasteiger partial charge in [0, 0.05) is 6.54 Å². The molecular formula is C13H16BrNO4. The number of piperidine rings is 1. The van der Waals surface area contributed by atoms with Crippen LogP contribution in [0.4, 0.5) is 0 Å². The van der Waals surface area contributed by atoms with Crippen molar-refractivity contribution in [3.63, 3.8) is 0 Å². The second-order valence-electron chi connectivity index (χ2n) is 5.44. The van der Waals surface area contributed by atoms with Crippen molar-refractivity contribution in [1.82, 2.24) is 4.90 Å². The molecule has 1 aliphatic rings. The minimum absolute atomic E-state index is 0.163. The minimum Gasteiger partial charge on any atom is -0.480 e. The minimum atomic E-state index is -0.969. The van der Waals surface area contributed by atoms with E-state index in [9.17, 15) is 14.7 Å². The first-order chi connectivity index (χ1) is 8.83. The van der Waals surface area contributed by atoms with Crippen molar-refractivity contribution < 1.29 is 19.1 Å². The van der Waals surface area contributed by atoms with Gasteiger partial charge >= 0.3 is 5.97 Å². The zero-order valence-corrected chi connectivity index (χ0v) is 12.4. The Labute approximate surface area is 119 Å². The molecule has 2 rings (SSSR count). The highest BCUT2D eigenvalue weighted by Gasteiger charge is 2.45. The Morgan fingerprint density at radius 2 is 2.16 bits per heavy atom. The number of hydrogen-bond acceptors (Lipinski definition) is 3. The molecule has 6 heteroatoms. The van der Waals surface area contributed by atoms with Crippen LogP contribution in [-0.2, 0) is 4.79 Å². The lowest BCUT2D eigenvalue weighted by Crippen LogP contribution is -2.56. The summed E-state index contributed by atoms with van der Waals surface area (Å²) in [7, 11) is 0. The highest BCUT2D eigenvalue weighted by atomic mass is 79.9. The molecule has 0 aromatic carbocycles. The zero-order chi connectivity index (χ0) is 14.2. The van der Waals surface area contributed by atoms with Crippen LogP contribution in [0.3, 0.4) is 0 Å². The normalized spacial score (nSPS) is 22.3. The van der Waals surface area contributed by atoms with E-state index in [4.69, 9.17) is 4.42 Å². The van der Waals surface area contributed by atoms with Crippen molar-refractivity contribution in [2.45, 2.75) is 32.7 Å². The molecule has 104 valence electrons. The van der Waals surface area contributed by atoms with E-state index < -0.39 is 17.4 Å². The van der Waals surface area contributed by atoms with E-state index in [2.05, 4.69) is 15.9 Å². The van der Waals surface area contributed by atoms with Gasteiger partial charge in [-0.3, -0.25) is 4.79 Å². The molecule has 1 unspecified atom stereocenters. The Kier molecular flexibility index (Phi) is 3.71. The standard InChI is InChI=1S/C13H16BrNO4/c1-13(2)6-3-7-15(10(13)12(17)18)11(16)8-4-5-9(14)19-8/h4-5,10H,3,6-7H2,1-2H3,(H,17,18). The number of likely N-dealkylation sites (tertiary alicyclic amines) is 1. The van der Waals surface area contributed by atoms with Gasteiger partial charge in [-0.15, -0.1) is 0 Å². The van der Waals surface area contributed by atoms with Gasteiger partial charge in [0.1, 0.15) is 6.04 Å². The average Bonchev–Trinajstić information content (AvgIpc) is 2.72. The number of carbonyl (C=O) groups is 2. The molecule has 1 atom stereocenters. The lowest BCUT2D eigenvalue weighted by molar-refractivity contribution is -0.148. The summed E-state index contributed by atoms with van der Waals surface area (Å²) in [4.78, 5) is 25.3. The van der Waals surface area contributed by atoms with E-state index in [1.54, 1.807) is 12.1 Å². The first kappa shape index (κ1) is 14.1. The quantitative estimate of drug-likeness (QED) is 0.905. The molecule has 0 bridgehead atoms. The highest BCUT2D eigenvalue weighted by Crippen LogP contribution is 2.36. The van der Waals surface area contributed by atoms with E-state index >= 15 is 0 Å². The van der Waals surface area contributed by atoms with Crippen molar-refractivity contribution in [3.05, 3.63) is 22.6 Å². The van der Waals surface area contributed by atoms with Gasteiger partial charge < -0.3 is 14.4 Å². The molecule has 2 heterocycles. The molecular weight excluding hydrogens is 314 g/mol. The summed E-state index contributed by atoms with van der Waals surface area (Å²) in [5.74, 6) is -1.18. The van der Waals surface area contributed by atoms with Crippen LogP contribution in [0, 0.1) is 5.41 Å². The molecule has 0 radical (unpaired) electrons. The van der Waals surface area contributed by atoms with E-state index in [1.165, 1.54) is 4.90 Å². The van der Waals surface area contributed by atoms with E-state index in [0.29, 0.717) is 11.2 Å². The van der Waals surface area contributed by atoms with Crippen LogP contribution >= 0.6 is 15.9 Å². The van der Waals surface area contributed by atoms with E-state index in [1.807, 2.05) is 13.8 Å². The Morgan fingerprint density at radius 3 is 2.68 bits per heavy atom. The predicted molar refractivity (Wildman–Crippen MR) is 71.9 cm³/mol. The number of carboxylic acids is 1. The summed E-state index contributed by atoms with van der Waals surface area (Å²) >= 11 is 3.14. The van der Waals surface area contributed by atoms with Crippen LogP contribution in [0.2, 0.25) is 0 Å². The van der Waals surface area contributed by atoms with Gasteiger partial charge in [-0.1, -0.05) is 13.8 Å². The Hall–Kier alpha value is -1.30. The molecule has 19 heavy (non-hydrogen) atoms. The molecule has 1 aliphatic heterocycles. The lowest BCUT2D eigenvalue weighted by Gasteiger charge is -2.43.